The first-order valence-electron chi connectivity index (χ1n) is 34.0. The summed E-state index contributed by atoms with van der Waals surface area (Å²) in [5, 5.41) is 23.3. The number of nitrogens with one attached hydrogen (secondary N) is 1. The fraction of sp³-hybridized carbons (Fsp3) is 0.767. The summed E-state index contributed by atoms with van der Waals surface area (Å²) in [6, 6.07) is -0.632. The van der Waals surface area contributed by atoms with Crippen LogP contribution in [-0.2, 0) is 4.79 Å². The van der Waals surface area contributed by atoms with Gasteiger partial charge in [-0.1, -0.05) is 355 Å². The molecule has 3 N–H and O–H groups in total. The van der Waals surface area contributed by atoms with Gasteiger partial charge in [0.25, 0.3) is 0 Å². The van der Waals surface area contributed by atoms with E-state index < -0.39 is 12.1 Å². The van der Waals surface area contributed by atoms with Gasteiger partial charge in [0.15, 0.2) is 0 Å². The number of rotatable bonds is 62. The largest absolute Gasteiger partial charge is 0.394 e. The first-order valence-corrected chi connectivity index (χ1v) is 34.0. The van der Waals surface area contributed by atoms with E-state index in [1.165, 1.54) is 250 Å². The summed E-state index contributed by atoms with van der Waals surface area (Å²) in [5.74, 6) is -0.0667. The molecule has 0 radical (unpaired) electrons. The second-order valence-corrected chi connectivity index (χ2v) is 22.9. The summed E-state index contributed by atoms with van der Waals surface area (Å²) >= 11 is 0. The first kappa shape index (κ1) is 74.3. The molecule has 0 rings (SSSR count). The molecule has 2 atom stereocenters. The molecule has 0 aliphatic rings. The van der Waals surface area contributed by atoms with Gasteiger partial charge in [0, 0.05) is 6.42 Å². The van der Waals surface area contributed by atoms with Crippen molar-refractivity contribution in [3.05, 3.63) is 97.2 Å². The summed E-state index contributed by atoms with van der Waals surface area (Å²) < 4.78 is 0. The number of amides is 1. The molecule has 0 aromatic rings. The molecule has 0 fully saturated rings. The molecule has 0 saturated heterocycles. The number of hydrogen-bond acceptors (Lipinski definition) is 3. The maximum atomic E-state index is 12.5. The molecule has 0 aliphatic heterocycles. The minimum atomic E-state index is -0.848. The molecule has 0 bridgehead atoms. The van der Waals surface area contributed by atoms with Crippen LogP contribution in [0.2, 0.25) is 0 Å². The molecule has 77 heavy (non-hydrogen) atoms. The summed E-state index contributed by atoms with van der Waals surface area (Å²) in [6.07, 6.45) is 100. The Bertz CT molecular complexity index is 1400. The van der Waals surface area contributed by atoms with Crippen LogP contribution < -0.4 is 5.32 Å². The molecule has 1 amide bonds. The molecular weight excluding hydrogens is 939 g/mol. The zero-order chi connectivity index (χ0) is 55.5. The Labute approximate surface area is 481 Å². The third-order valence-corrected chi connectivity index (χ3v) is 15.3. The minimum absolute atomic E-state index is 0.0667. The van der Waals surface area contributed by atoms with Crippen molar-refractivity contribution >= 4 is 5.91 Å². The van der Waals surface area contributed by atoms with E-state index >= 15 is 0 Å². The van der Waals surface area contributed by atoms with Gasteiger partial charge in [-0.2, -0.15) is 0 Å². The molecular formula is C73H131NO3. The third kappa shape index (κ3) is 64.0. The van der Waals surface area contributed by atoms with Crippen LogP contribution in [0.15, 0.2) is 97.2 Å². The molecule has 0 spiro atoms. The number of carbonyl (C=O) groups excluding carboxylic acids is 1. The minimum Gasteiger partial charge on any atom is -0.394 e. The van der Waals surface area contributed by atoms with Crippen LogP contribution in [0.1, 0.15) is 341 Å². The summed E-state index contributed by atoms with van der Waals surface area (Å²) in [6.45, 7) is 4.22. The van der Waals surface area contributed by atoms with E-state index in [-0.39, 0.29) is 12.5 Å². The molecule has 0 saturated carbocycles. The van der Waals surface area contributed by atoms with Crippen LogP contribution in [0.25, 0.3) is 0 Å². The predicted molar refractivity (Wildman–Crippen MR) is 345 cm³/mol. The zero-order valence-corrected chi connectivity index (χ0v) is 51.5. The van der Waals surface area contributed by atoms with Gasteiger partial charge in [0.1, 0.15) is 0 Å². The van der Waals surface area contributed by atoms with Gasteiger partial charge in [-0.3, -0.25) is 4.79 Å². The average Bonchev–Trinajstić information content (AvgIpc) is 3.43. The number of aliphatic hydroxyl groups is 2. The topological polar surface area (TPSA) is 69.6 Å². The Morgan fingerprint density at radius 1 is 0.325 bits per heavy atom. The lowest BCUT2D eigenvalue weighted by Gasteiger charge is -2.20. The highest BCUT2D eigenvalue weighted by Gasteiger charge is 2.18. The van der Waals surface area contributed by atoms with Crippen molar-refractivity contribution < 1.29 is 15.0 Å². The van der Waals surface area contributed by atoms with E-state index in [4.69, 9.17) is 0 Å². The standard InChI is InChI=1S/C73H131NO3/c1-3-5-7-9-11-13-15-17-19-21-23-25-27-29-31-33-35-37-39-41-43-45-47-49-51-53-55-57-59-61-63-65-67-69-73(77)74-71(70-75)72(76)68-66-64-62-60-58-56-54-52-50-48-46-44-42-40-38-36-34-32-30-28-26-24-22-20-18-16-14-12-10-8-6-4-2/h5,7,11,13,17,19,23,25,29,31,35,37,41,43,66,68,71-72,75-76H,3-4,6,8-10,12,14-16,18,20-22,24,26-28,30,32-34,36,38-40,42,44-65,67,69-70H2,1-2H3,(H,74,77)/b7-5-,13-11-,19-17-,25-23-,31-29-,37-35-,43-41-,68-66+. The summed E-state index contributed by atoms with van der Waals surface area (Å²) in [5.41, 5.74) is 0. The second kappa shape index (κ2) is 67.6. The van der Waals surface area contributed by atoms with E-state index in [1.807, 2.05) is 6.08 Å². The molecule has 0 aromatic carbocycles. The lowest BCUT2D eigenvalue weighted by Crippen LogP contribution is -2.45. The predicted octanol–water partition coefficient (Wildman–Crippen LogP) is 23.2. The summed E-state index contributed by atoms with van der Waals surface area (Å²) in [7, 11) is 0. The third-order valence-electron chi connectivity index (χ3n) is 15.3. The number of hydrogen-bond donors (Lipinski definition) is 3. The normalized spacial score (nSPS) is 13.4. The Morgan fingerprint density at radius 2 is 0.571 bits per heavy atom. The van der Waals surface area contributed by atoms with Crippen LogP contribution in [0.3, 0.4) is 0 Å². The Morgan fingerprint density at radius 3 is 0.857 bits per heavy atom. The fourth-order valence-corrected chi connectivity index (χ4v) is 10.2. The lowest BCUT2D eigenvalue weighted by atomic mass is 10.0. The highest BCUT2D eigenvalue weighted by Crippen LogP contribution is 2.18. The molecule has 4 heteroatoms. The van der Waals surface area contributed by atoms with Crippen molar-refractivity contribution in [3.8, 4) is 0 Å². The van der Waals surface area contributed by atoms with Crippen LogP contribution in [-0.4, -0.2) is 34.9 Å². The molecule has 0 heterocycles. The van der Waals surface area contributed by atoms with Crippen LogP contribution in [0.4, 0.5) is 0 Å². The molecule has 4 nitrogen and oxygen atoms in total. The molecule has 0 aromatic heterocycles. The smallest absolute Gasteiger partial charge is 0.220 e. The average molecular weight is 1070 g/mol. The van der Waals surface area contributed by atoms with Crippen LogP contribution in [0.5, 0.6) is 0 Å². The maximum absolute atomic E-state index is 12.5. The first-order chi connectivity index (χ1) is 38.2. The second-order valence-electron chi connectivity index (χ2n) is 22.9. The van der Waals surface area contributed by atoms with Gasteiger partial charge in [-0.05, 0) is 77.0 Å². The van der Waals surface area contributed by atoms with Crippen LogP contribution in [0, 0.1) is 0 Å². The van der Waals surface area contributed by atoms with Crippen molar-refractivity contribution in [2.45, 2.75) is 353 Å². The van der Waals surface area contributed by atoms with Gasteiger partial charge in [0.05, 0.1) is 18.8 Å². The van der Waals surface area contributed by atoms with Crippen molar-refractivity contribution in [3.63, 3.8) is 0 Å². The number of carbonyl (C=O) groups is 1. The van der Waals surface area contributed by atoms with Gasteiger partial charge >= 0.3 is 0 Å². The highest BCUT2D eigenvalue weighted by molar-refractivity contribution is 5.76. The van der Waals surface area contributed by atoms with Crippen LogP contribution >= 0.6 is 0 Å². The molecule has 0 aliphatic carbocycles. The quantitative estimate of drug-likeness (QED) is 0.0420. The SMILES string of the molecule is CC/C=C\C/C=C\C/C=C\C/C=C\C/C=C\C/C=C\C/C=C\CCCCCCCCCCCCCC(=O)NC(CO)C(O)/C=C/CCCCCCCCCCCCCCCCCCCCCCCCCCCCCCCC. The Hall–Kier alpha value is -2.69. The van der Waals surface area contributed by atoms with Crippen molar-refractivity contribution in [2.24, 2.45) is 0 Å². The monoisotopic (exact) mass is 1070 g/mol. The van der Waals surface area contributed by atoms with Crippen molar-refractivity contribution in [1.29, 1.82) is 0 Å². The van der Waals surface area contributed by atoms with E-state index in [2.05, 4.69) is 104 Å². The summed E-state index contributed by atoms with van der Waals surface area (Å²) in [4.78, 5) is 12.5. The van der Waals surface area contributed by atoms with E-state index in [9.17, 15) is 15.0 Å². The lowest BCUT2D eigenvalue weighted by molar-refractivity contribution is -0.123. The highest BCUT2D eigenvalue weighted by atomic mass is 16.3. The molecule has 446 valence electrons. The zero-order valence-electron chi connectivity index (χ0n) is 51.5. The number of allylic oxidation sites excluding steroid dienone is 15. The van der Waals surface area contributed by atoms with Gasteiger partial charge in [0.2, 0.25) is 5.91 Å². The van der Waals surface area contributed by atoms with Crippen molar-refractivity contribution in [1.82, 2.24) is 5.32 Å². The van der Waals surface area contributed by atoms with E-state index in [0.29, 0.717) is 6.42 Å². The van der Waals surface area contributed by atoms with E-state index in [1.54, 1.807) is 6.08 Å². The van der Waals surface area contributed by atoms with Gasteiger partial charge in [-0.25, -0.2) is 0 Å². The van der Waals surface area contributed by atoms with Gasteiger partial charge < -0.3 is 15.5 Å². The fourth-order valence-electron chi connectivity index (χ4n) is 10.2. The van der Waals surface area contributed by atoms with Crippen molar-refractivity contribution in [2.75, 3.05) is 6.61 Å². The molecule has 2 unspecified atom stereocenters. The number of unbranched alkanes of at least 4 members (excludes halogenated alkanes) is 41. The van der Waals surface area contributed by atoms with Gasteiger partial charge in [-0.15, -0.1) is 0 Å². The maximum Gasteiger partial charge on any atom is 0.220 e. The van der Waals surface area contributed by atoms with E-state index in [0.717, 1.165) is 70.6 Å². The Balaban J connectivity index is 3.50. The Kier molecular flexibility index (Phi) is 65.2. The number of aliphatic hydroxyl groups excluding tert-OH is 2.